The molecule has 0 spiro atoms. The highest BCUT2D eigenvalue weighted by molar-refractivity contribution is 5.78. The Balaban J connectivity index is 2.58. The third kappa shape index (κ3) is 2.72. The Hall–Kier alpha value is -1.06. The third-order valence-corrected chi connectivity index (χ3v) is 2.62. The predicted molar refractivity (Wildman–Crippen MR) is 54.1 cm³/mol. The summed E-state index contributed by atoms with van der Waals surface area (Å²) in [6, 6.07) is 0.0529. The zero-order valence-electron chi connectivity index (χ0n) is 8.88. The Morgan fingerprint density at radius 1 is 1.43 bits per heavy atom. The molecule has 0 aromatic carbocycles. The molecule has 14 heavy (non-hydrogen) atoms. The zero-order chi connectivity index (χ0) is 10.6. The monoisotopic (exact) mass is 198 g/mol. The van der Waals surface area contributed by atoms with Gasteiger partial charge in [0.25, 0.3) is 0 Å². The lowest BCUT2D eigenvalue weighted by Crippen LogP contribution is -2.48. The van der Waals surface area contributed by atoms with Crippen LogP contribution in [0, 0.1) is 0 Å². The highest BCUT2D eigenvalue weighted by Crippen LogP contribution is 2.19. The summed E-state index contributed by atoms with van der Waals surface area (Å²) in [7, 11) is 1.63. The SMILES string of the molecule is CNC(=O)N1CCCCC1CC(C)=O. The van der Waals surface area contributed by atoms with Gasteiger partial charge < -0.3 is 10.2 Å². The van der Waals surface area contributed by atoms with Gasteiger partial charge in [-0.2, -0.15) is 0 Å². The summed E-state index contributed by atoms with van der Waals surface area (Å²) < 4.78 is 0. The smallest absolute Gasteiger partial charge is 0.317 e. The van der Waals surface area contributed by atoms with Gasteiger partial charge in [-0.05, 0) is 26.2 Å². The number of carbonyl (C=O) groups excluding carboxylic acids is 2. The van der Waals surface area contributed by atoms with E-state index >= 15 is 0 Å². The normalized spacial score (nSPS) is 21.9. The first-order valence-corrected chi connectivity index (χ1v) is 5.13. The number of carbonyl (C=O) groups is 2. The maximum atomic E-state index is 11.5. The molecule has 0 bridgehead atoms. The summed E-state index contributed by atoms with van der Waals surface area (Å²) in [6.07, 6.45) is 3.60. The van der Waals surface area contributed by atoms with E-state index in [1.54, 1.807) is 18.9 Å². The Labute approximate surface area is 84.7 Å². The number of nitrogens with one attached hydrogen (secondary N) is 1. The van der Waals surface area contributed by atoms with Gasteiger partial charge in [-0.1, -0.05) is 0 Å². The maximum Gasteiger partial charge on any atom is 0.317 e. The number of piperidine rings is 1. The molecule has 80 valence electrons. The van der Waals surface area contributed by atoms with E-state index in [1.165, 1.54) is 0 Å². The fourth-order valence-corrected chi connectivity index (χ4v) is 1.96. The lowest BCUT2D eigenvalue weighted by atomic mass is 9.98. The molecule has 1 atom stereocenters. The van der Waals surface area contributed by atoms with Gasteiger partial charge in [-0.3, -0.25) is 4.79 Å². The molecule has 0 radical (unpaired) electrons. The minimum atomic E-state index is -0.0593. The number of ketones is 1. The van der Waals surface area contributed by atoms with Gasteiger partial charge in [0.1, 0.15) is 5.78 Å². The van der Waals surface area contributed by atoms with Crippen LogP contribution in [0.1, 0.15) is 32.6 Å². The topological polar surface area (TPSA) is 49.4 Å². The average molecular weight is 198 g/mol. The first-order chi connectivity index (χ1) is 6.65. The average Bonchev–Trinajstić information content (AvgIpc) is 2.16. The minimum Gasteiger partial charge on any atom is -0.341 e. The number of rotatable bonds is 2. The molecule has 0 aromatic rings. The van der Waals surface area contributed by atoms with Crippen LogP contribution in [0.2, 0.25) is 0 Å². The van der Waals surface area contributed by atoms with Crippen molar-refractivity contribution < 1.29 is 9.59 Å². The molecule has 0 aromatic heterocycles. The van der Waals surface area contributed by atoms with Gasteiger partial charge in [0.2, 0.25) is 0 Å². The zero-order valence-corrected chi connectivity index (χ0v) is 8.88. The van der Waals surface area contributed by atoms with Crippen molar-refractivity contribution >= 4 is 11.8 Å². The van der Waals surface area contributed by atoms with Crippen molar-refractivity contribution in [3.63, 3.8) is 0 Å². The van der Waals surface area contributed by atoms with Crippen molar-refractivity contribution in [1.82, 2.24) is 10.2 Å². The highest BCUT2D eigenvalue weighted by Gasteiger charge is 2.26. The quantitative estimate of drug-likeness (QED) is 0.723. The van der Waals surface area contributed by atoms with E-state index in [2.05, 4.69) is 5.32 Å². The molecule has 0 saturated carbocycles. The van der Waals surface area contributed by atoms with Gasteiger partial charge in [0, 0.05) is 26.1 Å². The summed E-state index contributed by atoms with van der Waals surface area (Å²) in [5.41, 5.74) is 0. The summed E-state index contributed by atoms with van der Waals surface area (Å²) in [4.78, 5) is 24.3. The molecule has 1 saturated heterocycles. The molecule has 0 aliphatic carbocycles. The molecule has 1 aliphatic rings. The molecule has 1 rings (SSSR count). The highest BCUT2D eigenvalue weighted by atomic mass is 16.2. The van der Waals surface area contributed by atoms with Crippen molar-refractivity contribution in [2.75, 3.05) is 13.6 Å². The van der Waals surface area contributed by atoms with E-state index in [0.717, 1.165) is 25.8 Å². The maximum absolute atomic E-state index is 11.5. The van der Waals surface area contributed by atoms with E-state index in [0.29, 0.717) is 6.42 Å². The van der Waals surface area contributed by atoms with Crippen LogP contribution in [-0.4, -0.2) is 36.3 Å². The molecule has 4 heteroatoms. The number of likely N-dealkylation sites (tertiary alicyclic amines) is 1. The molecule has 1 aliphatic heterocycles. The van der Waals surface area contributed by atoms with E-state index in [1.807, 2.05) is 0 Å². The Kier molecular flexibility index (Phi) is 3.92. The summed E-state index contributed by atoms with van der Waals surface area (Å²) in [5, 5.41) is 2.61. The fourth-order valence-electron chi connectivity index (χ4n) is 1.96. The van der Waals surface area contributed by atoms with Crippen LogP contribution in [0.15, 0.2) is 0 Å². The number of Topliss-reactive ketones (excluding diaryl/α,β-unsaturated/α-hetero) is 1. The second-order valence-electron chi connectivity index (χ2n) is 3.80. The first kappa shape index (κ1) is 11.0. The molecule has 2 amide bonds. The number of hydrogen-bond acceptors (Lipinski definition) is 2. The largest absolute Gasteiger partial charge is 0.341 e. The molecule has 1 heterocycles. The minimum absolute atomic E-state index is 0.0593. The van der Waals surface area contributed by atoms with Gasteiger partial charge in [0.05, 0.1) is 0 Å². The van der Waals surface area contributed by atoms with Gasteiger partial charge in [-0.25, -0.2) is 4.79 Å². The Morgan fingerprint density at radius 2 is 2.14 bits per heavy atom. The molecular weight excluding hydrogens is 180 g/mol. The summed E-state index contributed by atoms with van der Waals surface area (Å²) in [6.45, 7) is 2.36. The van der Waals surface area contributed by atoms with Crippen molar-refractivity contribution in [1.29, 1.82) is 0 Å². The van der Waals surface area contributed by atoms with Crippen LogP contribution in [0.5, 0.6) is 0 Å². The van der Waals surface area contributed by atoms with Crippen LogP contribution in [0.3, 0.4) is 0 Å². The summed E-state index contributed by atoms with van der Waals surface area (Å²) >= 11 is 0. The van der Waals surface area contributed by atoms with Crippen LogP contribution < -0.4 is 5.32 Å². The van der Waals surface area contributed by atoms with Gasteiger partial charge in [-0.15, -0.1) is 0 Å². The van der Waals surface area contributed by atoms with E-state index < -0.39 is 0 Å². The standard InChI is InChI=1S/C10H18N2O2/c1-8(13)7-9-5-3-4-6-12(9)10(14)11-2/h9H,3-7H2,1-2H3,(H,11,14). The summed E-state index contributed by atoms with van der Waals surface area (Å²) in [5.74, 6) is 0.158. The second kappa shape index (κ2) is 4.98. The lowest BCUT2D eigenvalue weighted by Gasteiger charge is -2.34. The van der Waals surface area contributed by atoms with E-state index in [-0.39, 0.29) is 17.9 Å². The van der Waals surface area contributed by atoms with E-state index in [4.69, 9.17) is 0 Å². The van der Waals surface area contributed by atoms with E-state index in [9.17, 15) is 9.59 Å². The van der Waals surface area contributed by atoms with Gasteiger partial charge in [0.15, 0.2) is 0 Å². The molecule has 4 nitrogen and oxygen atoms in total. The molecule has 1 unspecified atom stereocenters. The van der Waals surface area contributed by atoms with Crippen LogP contribution in [0.25, 0.3) is 0 Å². The molecule has 1 N–H and O–H groups in total. The van der Waals surface area contributed by atoms with Crippen LogP contribution in [-0.2, 0) is 4.79 Å². The molecule has 1 fully saturated rings. The lowest BCUT2D eigenvalue weighted by molar-refractivity contribution is -0.118. The number of hydrogen-bond donors (Lipinski definition) is 1. The predicted octanol–water partition coefficient (Wildman–Crippen LogP) is 1.16. The Bertz CT molecular complexity index is 228. The molecular formula is C10H18N2O2. The second-order valence-corrected chi connectivity index (χ2v) is 3.80. The number of amides is 2. The number of urea groups is 1. The van der Waals surface area contributed by atoms with Crippen molar-refractivity contribution in [2.45, 2.75) is 38.6 Å². The van der Waals surface area contributed by atoms with Crippen molar-refractivity contribution in [3.8, 4) is 0 Å². The van der Waals surface area contributed by atoms with Crippen molar-refractivity contribution in [3.05, 3.63) is 0 Å². The van der Waals surface area contributed by atoms with Crippen molar-refractivity contribution in [2.24, 2.45) is 0 Å². The van der Waals surface area contributed by atoms with Crippen LogP contribution >= 0.6 is 0 Å². The Morgan fingerprint density at radius 3 is 2.71 bits per heavy atom. The number of nitrogens with zero attached hydrogens (tertiary/aromatic N) is 1. The van der Waals surface area contributed by atoms with Crippen LogP contribution in [0.4, 0.5) is 4.79 Å². The first-order valence-electron chi connectivity index (χ1n) is 5.13. The van der Waals surface area contributed by atoms with Gasteiger partial charge >= 0.3 is 6.03 Å². The fraction of sp³-hybridized carbons (Fsp3) is 0.800. The third-order valence-electron chi connectivity index (χ3n) is 2.62.